The molecule has 0 rings (SSSR count). The molecule has 30 heavy (non-hydrogen) atoms. The molecule has 0 saturated carbocycles. The standard InChI is InChI=1S/C24H50O4S.K/c1-3-5-7-9-10-11-12-13-15-16-19-23(25)20-18-22-24(29(26,27)28)21-17-14-8-6-4-2;/h23-25H,3-22H2,1-2H3,(H,26,27,28);/q;+1/p-1. The van der Waals surface area contributed by atoms with Crippen LogP contribution in [0.1, 0.15) is 142 Å². The summed E-state index contributed by atoms with van der Waals surface area (Å²) in [6.45, 7) is 4.39. The summed E-state index contributed by atoms with van der Waals surface area (Å²) in [7, 11) is -4.22. The molecule has 0 aliphatic rings. The van der Waals surface area contributed by atoms with E-state index in [0.717, 1.165) is 38.5 Å². The molecule has 0 fully saturated rings. The van der Waals surface area contributed by atoms with Gasteiger partial charge in [0.1, 0.15) is 0 Å². The Hall–Kier alpha value is 1.51. The van der Waals surface area contributed by atoms with Crippen molar-refractivity contribution in [3.05, 3.63) is 0 Å². The second kappa shape index (κ2) is 23.7. The first-order valence-corrected chi connectivity index (χ1v) is 14.0. The summed E-state index contributed by atoms with van der Waals surface area (Å²) < 4.78 is 34.4. The van der Waals surface area contributed by atoms with Crippen LogP contribution in [-0.4, -0.2) is 29.4 Å². The SMILES string of the molecule is CCCCCCCCCCCCC(O)CCCC(CCCCCCC)S(=O)(=O)[O-].[K+]. The summed E-state index contributed by atoms with van der Waals surface area (Å²) in [6, 6.07) is 0. The van der Waals surface area contributed by atoms with Gasteiger partial charge in [-0.05, 0) is 32.1 Å². The Kier molecular flexibility index (Phi) is 26.6. The van der Waals surface area contributed by atoms with Crippen molar-refractivity contribution in [2.45, 2.75) is 154 Å². The van der Waals surface area contributed by atoms with E-state index >= 15 is 0 Å². The molecular weight excluding hydrogens is 423 g/mol. The molecule has 6 heteroatoms. The van der Waals surface area contributed by atoms with Crippen LogP contribution in [0.2, 0.25) is 0 Å². The molecule has 0 aromatic heterocycles. The Labute approximate surface area is 230 Å². The number of hydrogen-bond acceptors (Lipinski definition) is 4. The van der Waals surface area contributed by atoms with Gasteiger partial charge in [0.25, 0.3) is 0 Å². The van der Waals surface area contributed by atoms with E-state index in [1.54, 1.807) is 0 Å². The fraction of sp³-hybridized carbons (Fsp3) is 1.00. The molecule has 2 unspecified atom stereocenters. The maximum absolute atomic E-state index is 11.5. The Morgan fingerprint density at radius 2 is 0.933 bits per heavy atom. The predicted molar refractivity (Wildman–Crippen MR) is 123 cm³/mol. The van der Waals surface area contributed by atoms with Gasteiger partial charge in [0.2, 0.25) is 0 Å². The zero-order chi connectivity index (χ0) is 21.8. The molecular formula is C24H49KO4S. The minimum absolute atomic E-state index is 0. The molecule has 0 saturated heterocycles. The van der Waals surface area contributed by atoms with Crippen LogP contribution < -0.4 is 51.4 Å². The Morgan fingerprint density at radius 1 is 0.600 bits per heavy atom. The van der Waals surface area contributed by atoms with E-state index in [-0.39, 0.29) is 57.5 Å². The van der Waals surface area contributed by atoms with Crippen molar-refractivity contribution < 1.29 is 69.5 Å². The molecule has 2 atom stereocenters. The smallest absolute Gasteiger partial charge is 0.748 e. The van der Waals surface area contributed by atoms with Crippen molar-refractivity contribution in [1.82, 2.24) is 0 Å². The normalized spacial score (nSPS) is 13.7. The summed E-state index contributed by atoms with van der Waals surface area (Å²) in [5, 5.41) is 9.36. The number of unbranched alkanes of at least 4 members (excludes halogenated alkanes) is 13. The number of aliphatic hydroxyl groups is 1. The van der Waals surface area contributed by atoms with E-state index < -0.39 is 15.4 Å². The molecule has 0 aromatic rings. The first-order valence-electron chi connectivity index (χ1n) is 12.5. The van der Waals surface area contributed by atoms with Crippen molar-refractivity contribution in [2.75, 3.05) is 0 Å². The topological polar surface area (TPSA) is 77.4 Å². The number of aliphatic hydroxyl groups excluding tert-OH is 1. The fourth-order valence-electron chi connectivity index (χ4n) is 4.00. The van der Waals surface area contributed by atoms with Crippen molar-refractivity contribution in [1.29, 1.82) is 0 Å². The van der Waals surface area contributed by atoms with Crippen LogP contribution in [0.3, 0.4) is 0 Å². The molecule has 4 nitrogen and oxygen atoms in total. The Bertz CT molecular complexity index is 442. The first-order chi connectivity index (χ1) is 13.9. The zero-order valence-electron chi connectivity index (χ0n) is 20.4. The minimum atomic E-state index is -4.22. The van der Waals surface area contributed by atoms with Crippen LogP contribution in [0.4, 0.5) is 0 Å². The predicted octanol–water partition coefficient (Wildman–Crippen LogP) is 4.11. The maximum Gasteiger partial charge on any atom is 1.00 e. The van der Waals surface area contributed by atoms with Crippen LogP contribution in [0, 0.1) is 0 Å². The molecule has 176 valence electrons. The van der Waals surface area contributed by atoms with Crippen molar-refractivity contribution in [3.63, 3.8) is 0 Å². The van der Waals surface area contributed by atoms with E-state index in [0.29, 0.717) is 25.7 Å². The van der Waals surface area contributed by atoms with Crippen LogP contribution in [0.15, 0.2) is 0 Å². The van der Waals surface area contributed by atoms with Crippen LogP contribution in [-0.2, 0) is 10.1 Å². The summed E-state index contributed by atoms with van der Waals surface area (Å²) >= 11 is 0. The molecule has 0 spiro atoms. The van der Waals surface area contributed by atoms with E-state index in [2.05, 4.69) is 13.8 Å². The van der Waals surface area contributed by atoms with Crippen LogP contribution in [0.5, 0.6) is 0 Å². The molecule has 1 N–H and O–H groups in total. The number of hydrogen-bond donors (Lipinski definition) is 1. The summed E-state index contributed by atoms with van der Waals surface area (Å²) in [4.78, 5) is 0. The quantitative estimate of drug-likeness (QED) is 0.146. The molecule has 0 amide bonds. The Morgan fingerprint density at radius 3 is 1.37 bits per heavy atom. The maximum atomic E-state index is 11.5. The average Bonchev–Trinajstić information content (AvgIpc) is 2.67. The first kappa shape index (κ1) is 33.7. The van der Waals surface area contributed by atoms with Gasteiger partial charge in [0.05, 0.1) is 16.2 Å². The third-order valence-corrected chi connectivity index (χ3v) is 7.28. The molecule has 0 bridgehead atoms. The van der Waals surface area contributed by atoms with Crippen molar-refractivity contribution in [2.24, 2.45) is 0 Å². The second-order valence-corrected chi connectivity index (χ2v) is 10.5. The monoisotopic (exact) mass is 472 g/mol. The molecule has 0 heterocycles. The van der Waals surface area contributed by atoms with E-state index in [1.807, 2.05) is 0 Å². The molecule has 0 aliphatic heterocycles. The van der Waals surface area contributed by atoms with E-state index in [1.165, 1.54) is 64.2 Å². The molecule has 0 aromatic carbocycles. The van der Waals surface area contributed by atoms with Gasteiger partial charge in [0.15, 0.2) is 0 Å². The molecule has 0 aliphatic carbocycles. The molecule has 0 radical (unpaired) electrons. The van der Waals surface area contributed by atoms with Gasteiger partial charge in [-0.15, -0.1) is 0 Å². The second-order valence-electron chi connectivity index (χ2n) is 8.87. The summed E-state index contributed by atoms with van der Waals surface area (Å²) in [5.74, 6) is 0. The van der Waals surface area contributed by atoms with Gasteiger partial charge < -0.3 is 9.66 Å². The average molecular weight is 473 g/mol. The van der Waals surface area contributed by atoms with Gasteiger partial charge in [0, 0.05) is 5.25 Å². The van der Waals surface area contributed by atoms with Gasteiger partial charge >= 0.3 is 51.4 Å². The Balaban J connectivity index is 0. The minimum Gasteiger partial charge on any atom is -0.748 e. The van der Waals surface area contributed by atoms with E-state index in [4.69, 9.17) is 0 Å². The van der Waals surface area contributed by atoms with Crippen LogP contribution >= 0.6 is 0 Å². The van der Waals surface area contributed by atoms with E-state index in [9.17, 15) is 18.1 Å². The van der Waals surface area contributed by atoms with Crippen molar-refractivity contribution in [3.8, 4) is 0 Å². The van der Waals surface area contributed by atoms with Gasteiger partial charge in [-0.25, -0.2) is 8.42 Å². The third kappa shape index (κ3) is 22.7. The van der Waals surface area contributed by atoms with Crippen molar-refractivity contribution >= 4 is 10.1 Å². The third-order valence-electron chi connectivity index (χ3n) is 5.99. The van der Waals surface area contributed by atoms with Gasteiger partial charge in [-0.1, -0.05) is 110 Å². The van der Waals surface area contributed by atoms with Gasteiger partial charge in [-0.3, -0.25) is 0 Å². The largest absolute Gasteiger partial charge is 1.00 e. The zero-order valence-corrected chi connectivity index (χ0v) is 24.3. The van der Waals surface area contributed by atoms with Crippen LogP contribution in [0.25, 0.3) is 0 Å². The van der Waals surface area contributed by atoms with Gasteiger partial charge in [-0.2, -0.15) is 0 Å². The summed E-state index contributed by atoms with van der Waals surface area (Å²) in [6.07, 6.45) is 20.6. The summed E-state index contributed by atoms with van der Waals surface area (Å²) in [5.41, 5.74) is 0. The number of rotatable bonds is 22. The fourth-order valence-corrected chi connectivity index (χ4v) is 4.91.